The maximum atomic E-state index is 13.0. The number of nitrogens with zero attached hydrogens (tertiary/aromatic N) is 3. The standard InChI is InChI=1S/C21H18N4O2S/c1-14-13-28-21(22-14)25(15-7-3-2-4-8-15)19(26)12-11-18-23-17-10-6-5-9-16(17)20(27)24-18/h2-10,13H,11-12H2,1H3,(H,23,24,27). The van der Waals surface area contributed by atoms with Crippen molar-refractivity contribution in [3.63, 3.8) is 0 Å². The molecule has 6 nitrogen and oxygen atoms in total. The Hall–Kier alpha value is -3.32. The zero-order chi connectivity index (χ0) is 19.5. The van der Waals surface area contributed by atoms with Crippen LogP contribution >= 0.6 is 11.3 Å². The van der Waals surface area contributed by atoms with Crippen molar-refractivity contribution in [1.82, 2.24) is 15.0 Å². The smallest absolute Gasteiger partial charge is 0.258 e. The third-order valence-corrected chi connectivity index (χ3v) is 5.24. The first kappa shape index (κ1) is 18.1. The Morgan fingerprint density at radius 2 is 1.82 bits per heavy atom. The summed E-state index contributed by atoms with van der Waals surface area (Å²) in [7, 11) is 0. The third kappa shape index (κ3) is 3.70. The summed E-state index contributed by atoms with van der Waals surface area (Å²) in [5.41, 5.74) is 2.07. The third-order valence-electron chi connectivity index (χ3n) is 4.30. The van der Waals surface area contributed by atoms with Crippen LogP contribution in [0.2, 0.25) is 0 Å². The number of H-pyrrole nitrogens is 1. The number of carbonyl (C=O) groups is 1. The van der Waals surface area contributed by atoms with E-state index in [0.717, 1.165) is 11.4 Å². The van der Waals surface area contributed by atoms with E-state index in [1.54, 1.807) is 23.1 Å². The molecule has 1 amide bonds. The summed E-state index contributed by atoms with van der Waals surface area (Å²) in [5, 5.41) is 3.09. The van der Waals surface area contributed by atoms with Gasteiger partial charge < -0.3 is 4.98 Å². The number of fused-ring (bicyclic) bond motifs is 1. The Labute approximate surface area is 165 Å². The van der Waals surface area contributed by atoms with Gasteiger partial charge in [-0.1, -0.05) is 30.3 Å². The number of thiazole rings is 1. The molecule has 0 bridgehead atoms. The number of aryl methyl sites for hydroxylation is 2. The van der Waals surface area contributed by atoms with E-state index in [1.165, 1.54) is 11.3 Å². The highest BCUT2D eigenvalue weighted by atomic mass is 32.1. The van der Waals surface area contributed by atoms with Crippen molar-refractivity contribution in [2.45, 2.75) is 19.8 Å². The molecule has 4 rings (SSSR count). The lowest BCUT2D eigenvalue weighted by molar-refractivity contribution is -0.117. The van der Waals surface area contributed by atoms with Crippen LogP contribution in [0.5, 0.6) is 0 Å². The molecule has 0 fully saturated rings. The average Bonchev–Trinajstić information content (AvgIpc) is 3.13. The second-order valence-corrected chi connectivity index (χ2v) is 7.20. The summed E-state index contributed by atoms with van der Waals surface area (Å²) in [6.45, 7) is 1.90. The Kier molecular flexibility index (Phi) is 4.99. The molecule has 2 aromatic heterocycles. The fourth-order valence-corrected chi connectivity index (χ4v) is 3.81. The van der Waals surface area contributed by atoms with Gasteiger partial charge in [0.25, 0.3) is 5.56 Å². The van der Waals surface area contributed by atoms with Gasteiger partial charge in [-0.05, 0) is 31.2 Å². The van der Waals surface area contributed by atoms with E-state index in [0.29, 0.717) is 28.3 Å². The van der Waals surface area contributed by atoms with Crippen molar-refractivity contribution < 1.29 is 4.79 Å². The quantitative estimate of drug-likeness (QED) is 0.559. The summed E-state index contributed by atoms with van der Waals surface area (Å²) in [5.74, 6) is 0.400. The average molecular weight is 390 g/mol. The molecule has 7 heteroatoms. The Balaban J connectivity index is 1.59. The second-order valence-electron chi connectivity index (χ2n) is 6.37. The largest absolute Gasteiger partial charge is 0.310 e. The SMILES string of the molecule is Cc1csc(N(C(=O)CCc2nc3ccccc3c(=O)[nH]2)c2ccccc2)n1. The summed E-state index contributed by atoms with van der Waals surface area (Å²) >= 11 is 1.43. The van der Waals surface area contributed by atoms with Gasteiger partial charge in [0, 0.05) is 18.2 Å². The van der Waals surface area contributed by atoms with Crippen LogP contribution in [0.4, 0.5) is 10.8 Å². The van der Waals surface area contributed by atoms with Crippen molar-refractivity contribution in [2.75, 3.05) is 4.90 Å². The minimum atomic E-state index is -0.191. The van der Waals surface area contributed by atoms with E-state index in [1.807, 2.05) is 48.7 Å². The molecule has 0 atom stereocenters. The van der Waals surface area contributed by atoms with E-state index < -0.39 is 0 Å². The topological polar surface area (TPSA) is 79.0 Å². The van der Waals surface area contributed by atoms with E-state index >= 15 is 0 Å². The number of para-hydroxylation sites is 2. The van der Waals surface area contributed by atoms with Crippen LogP contribution in [0.3, 0.4) is 0 Å². The van der Waals surface area contributed by atoms with Gasteiger partial charge in [0.15, 0.2) is 5.13 Å². The molecule has 2 aromatic carbocycles. The molecular formula is C21H18N4O2S. The lowest BCUT2D eigenvalue weighted by Crippen LogP contribution is -2.26. The number of amides is 1. The molecule has 0 aliphatic carbocycles. The zero-order valence-electron chi connectivity index (χ0n) is 15.3. The fourth-order valence-electron chi connectivity index (χ4n) is 2.97. The molecule has 0 unspecified atom stereocenters. The Bertz CT molecular complexity index is 1180. The van der Waals surface area contributed by atoms with E-state index in [-0.39, 0.29) is 17.9 Å². The van der Waals surface area contributed by atoms with Crippen molar-refractivity contribution >= 4 is 39.0 Å². The number of anilines is 2. The molecule has 0 aliphatic heterocycles. The molecule has 0 saturated carbocycles. The number of hydrogen-bond donors (Lipinski definition) is 1. The minimum Gasteiger partial charge on any atom is -0.310 e. The zero-order valence-corrected chi connectivity index (χ0v) is 16.1. The van der Waals surface area contributed by atoms with Gasteiger partial charge in [0.05, 0.1) is 22.3 Å². The first-order chi connectivity index (χ1) is 13.6. The number of benzene rings is 2. The highest BCUT2D eigenvalue weighted by molar-refractivity contribution is 7.14. The number of carbonyl (C=O) groups excluding carboxylic acids is 1. The maximum absolute atomic E-state index is 13.0. The van der Waals surface area contributed by atoms with Crippen LogP contribution in [0.1, 0.15) is 17.9 Å². The molecule has 2 heterocycles. The van der Waals surface area contributed by atoms with Crippen molar-refractivity contribution in [1.29, 1.82) is 0 Å². The van der Waals surface area contributed by atoms with E-state index in [9.17, 15) is 9.59 Å². The van der Waals surface area contributed by atoms with Gasteiger partial charge in [-0.25, -0.2) is 9.97 Å². The molecule has 0 spiro atoms. The molecule has 0 radical (unpaired) electrons. The normalized spacial score (nSPS) is 10.9. The van der Waals surface area contributed by atoms with E-state index in [2.05, 4.69) is 15.0 Å². The summed E-state index contributed by atoms with van der Waals surface area (Å²) in [4.78, 5) is 38.6. The second kappa shape index (κ2) is 7.74. The molecule has 0 aliphatic rings. The number of rotatable bonds is 5. The van der Waals surface area contributed by atoms with E-state index in [4.69, 9.17) is 0 Å². The fraction of sp³-hybridized carbons (Fsp3) is 0.143. The summed E-state index contributed by atoms with van der Waals surface area (Å²) < 4.78 is 0. The predicted octanol–water partition coefficient (Wildman–Crippen LogP) is 3.99. The Morgan fingerprint density at radius 3 is 2.57 bits per heavy atom. The number of aromatic nitrogens is 3. The van der Waals surface area contributed by atoms with Gasteiger partial charge in [-0.3, -0.25) is 14.5 Å². The molecule has 28 heavy (non-hydrogen) atoms. The number of aromatic amines is 1. The van der Waals surface area contributed by atoms with Gasteiger partial charge in [-0.2, -0.15) is 0 Å². The van der Waals surface area contributed by atoms with Gasteiger partial charge >= 0.3 is 0 Å². The van der Waals surface area contributed by atoms with Gasteiger partial charge in [0.1, 0.15) is 5.82 Å². The molecule has 4 aromatic rings. The lowest BCUT2D eigenvalue weighted by atomic mass is 10.2. The van der Waals surface area contributed by atoms with Crippen LogP contribution in [0.15, 0.2) is 64.8 Å². The van der Waals surface area contributed by atoms with Gasteiger partial charge in [0.2, 0.25) is 5.91 Å². The van der Waals surface area contributed by atoms with Crippen LogP contribution in [-0.4, -0.2) is 20.9 Å². The molecule has 0 saturated heterocycles. The first-order valence-corrected chi connectivity index (χ1v) is 9.78. The number of hydrogen-bond acceptors (Lipinski definition) is 5. The van der Waals surface area contributed by atoms with Crippen molar-refractivity contribution in [2.24, 2.45) is 0 Å². The Morgan fingerprint density at radius 1 is 1.07 bits per heavy atom. The highest BCUT2D eigenvalue weighted by Crippen LogP contribution is 2.29. The van der Waals surface area contributed by atoms with Crippen molar-refractivity contribution in [3.05, 3.63) is 81.8 Å². The molecule has 1 N–H and O–H groups in total. The lowest BCUT2D eigenvalue weighted by Gasteiger charge is -2.20. The van der Waals surface area contributed by atoms with Crippen LogP contribution in [0.25, 0.3) is 10.9 Å². The maximum Gasteiger partial charge on any atom is 0.258 e. The number of nitrogens with one attached hydrogen (secondary N) is 1. The predicted molar refractivity (Wildman–Crippen MR) is 111 cm³/mol. The molecule has 140 valence electrons. The summed E-state index contributed by atoms with van der Waals surface area (Å²) in [6, 6.07) is 16.6. The summed E-state index contributed by atoms with van der Waals surface area (Å²) in [6.07, 6.45) is 0.543. The van der Waals surface area contributed by atoms with Gasteiger partial charge in [-0.15, -0.1) is 11.3 Å². The van der Waals surface area contributed by atoms with Crippen LogP contribution in [0, 0.1) is 6.92 Å². The minimum absolute atomic E-state index is 0.101. The van der Waals surface area contributed by atoms with Crippen LogP contribution in [-0.2, 0) is 11.2 Å². The monoisotopic (exact) mass is 390 g/mol. The van der Waals surface area contributed by atoms with Crippen LogP contribution < -0.4 is 10.5 Å². The molecular weight excluding hydrogens is 372 g/mol. The van der Waals surface area contributed by atoms with Crippen molar-refractivity contribution in [3.8, 4) is 0 Å². The highest BCUT2D eigenvalue weighted by Gasteiger charge is 2.21. The first-order valence-electron chi connectivity index (χ1n) is 8.90.